The van der Waals surface area contributed by atoms with Crippen molar-refractivity contribution in [3.63, 3.8) is 0 Å². The lowest BCUT2D eigenvalue weighted by Gasteiger charge is -2.37. The molecule has 0 amide bonds. The van der Waals surface area contributed by atoms with E-state index in [1.54, 1.807) is 0 Å². The molecule has 0 aromatic rings. The second-order valence-electron chi connectivity index (χ2n) is 6.31. The Balaban J connectivity index is 4.27. The fourth-order valence-corrected chi connectivity index (χ4v) is 2.78. The predicted molar refractivity (Wildman–Crippen MR) is 71.1 cm³/mol. The van der Waals surface area contributed by atoms with E-state index in [1.807, 2.05) is 0 Å². The van der Waals surface area contributed by atoms with Gasteiger partial charge in [-0.1, -0.05) is 74.1 Å². The highest BCUT2D eigenvalue weighted by Gasteiger charge is 2.30. The highest BCUT2D eigenvalue weighted by atomic mass is 14.4. The summed E-state index contributed by atoms with van der Waals surface area (Å²) in [5.74, 6) is 2.63. The minimum Gasteiger partial charge on any atom is -0.0651 e. The van der Waals surface area contributed by atoms with Crippen molar-refractivity contribution >= 4 is 0 Å². The molecule has 2 unspecified atom stereocenters. The van der Waals surface area contributed by atoms with Gasteiger partial charge in [-0.2, -0.15) is 0 Å². The first kappa shape index (κ1) is 15.0. The molecule has 0 spiro atoms. The molecule has 0 saturated carbocycles. The van der Waals surface area contributed by atoms with Crippen LogP contribution in [0.1, 0.15) is 74.1 Å². The van der Waals surface area contributed by atoms with Gasteiger partial charge in [-0.05, 0) is 23.2 Å². The van der Waals surface area contributed by atoms with E-state index < -0.39 is 0 Å². The highest BCUT2D eigenvalue weighted by Crippen LogP contribution is 2.39. The zero-order chi connectivity index (χ0) is 12.1. The summed E-state index contributed by atoms with van der Waals surface area (Å²) < 4.78 is 0. The zero-order valence-corrected chi connectivity index (χ0v) is 12.1. The third-order valence-electron chi connectivity index (χ3n) is 4.24. The van der Waals surface area contributed by atoms with Crippen molar-refractivity contribution in [3.8, 4) is 0 Å². The summed E-state index contributed by atoms with van der Waals surface area (Å²) in [6, 6.07) is 0. The molecule has 0 nitrogen and oxygen atoms in total. The number of rotatable bonds is 7. The third kappa shape index (κ3) is 5.04. The standard InChI is InChI=1S/C15H32/c1-8-14(15(6,7)9-2)13(5)11-10-12(3)4/h12-14H,8-11H2,1-7H3. The maximum Gasteiger partial charge on any atom is -0.0326 e. The van der Waals surface area contributed by atoms with Crippen molar-refractivity contribution in [2.45, 2.75) is 74.1 Å². The Kier molecular flexibility index (Phi) is 6.55. The second kappa shape index (κ2) is 6.55. The summed E-state index contributed by atoms with van der Waals surface area (Å²) in [4.78, 5) is 0. The van der Waals surface area contributed by atoms with Crippen LogP contribution in [0.15, 0.2) is 0 Å². The van der Waals surface area contributed by atoms with E-state index in [1.165, 1.54) is 25.7 Å². The minimum atomic E-state index is 0.519. The van der Waals surface area contributed by atoms with Crippen LogP contribution in [0.4, 0.5) is 0 Å². The highest BCUT2D eigenvalue weighted by molar-refractivity contribution is 4.80. The number of hydrogen-bond acceptors (Lipinski definition) is 0. The van der Waals surface area contributed by atoms with E-state index in [0.717, 1.165) is 17.8 Å². The van der Waals surface area contributed by atoms with E-state index in [2.05, 4.69) is 48.5 Å². The van der Waals surface area contributed by atoms with Crippen LogP contribution in [0, 0.1) is 23.2 Å². The third-order valence-corrected chi connectivity index (χ3v) is 4.24. The summed E-state index contributed by atoms with van der Waals surface area (Å²) in [6.07, 6.45) is 5.43. The summed E-state index contributed by atoms with van der Waals surface area (Å²) >= 11 is 0. The second-order valence-corrected chi connectivity index (χ2v) is 6.31. The zero-order valence-electron chi connectivity index (χ0n) is 12.1. The predicted octanol–water partition coefficient (Wildman–Crippen LogP) is 5.52. The molecule has 0 aliphatic heterocycles. The lowest BCUT2D eigenvalue weighted by molar-refractivity contribution is 0.126. The Bertz CT molecular complexity index is 155. The van der Waals surface area contributed by atoms with E-state index in [4.69, 9.17) is 0 Å². The van der Waals surface area contributed by atoms with Gasteiger partial charge in [0.05, 0.1) is 0 Å². The summed E-state index contributed by atoms with van der Waals surface area (Å²) in [6.45, 7) is 16.7. The van der Waals surface area contributed by atoms with Crippen LogP contribution in [0.3, 0.4) is 0 Å². The van der Waals surface area contributed by atoms with E-state index >= 15 is 0 Å². The van der Waals surface area contributed by atoms with Crippen molar-refractivity contribution in [2.24, 2.45) is 23.2 Å². The molecular weight excluding hydrogens is 180 g/mol. The van der Waals surface area contributed by atoms with Crippen LogP contribution in [0.2, 0.25) is 0 Å². The normalized spacial score (nSPS) is 16.8. The van der Waals surface area contributed by atoms with Crippen LogP contribution >= 0.6 is 0 Å². The van der Waals surface area contributed by atoms with Gasteiger partial charge < -0.3 is 0 Å². The Morgan fingerprint density at radius 2 is 1.47 bits per heavy atom. The van der Waals surface area contributed by atoms with Gasteiger partial charge in [0.25, 0.3) is 0 Å². The van der Waals surface area contributed by atoms with Gasteiger partial charge in [-0.3, -0.25) is 0 Å². The van der Waals surface area contributed by atoms with E-state index in [0.29, 0.717) is 5.41 Å². The SMILES string of the molecule is CCC(C(C)CCC(C)C)C(C)(C)CC. The molecule has 0 saturated heterocycles. The lowest BCUT2D eigenvalue weighted by atomic mass is 9.68. The molecule has 0 aromatic carbocycles. The smallest absolute Gasteiger partial charge is 0.0326 e. The molecule has 0 rings (SSSR count). The average Bonchev–Trinajstić information content (AvgIpc) is 2.15. The Labute approximate surface area is 97.8 Å². The van der Waals surface area contributed by atoms with Gasteiger partial charge in [0.2, 0.25) is 0 Å². The molecule has 0 N–H and O–H groups in total. The van der Waals surface area contributed by atoms with Crippen LogP contribution in [-0.4, -0.2) is 0 Å². The first-order chi connectivity index (χ1) is 6.85. The molecule has 0 heterocycles. The maximum absolute atomic E-state index is 2.45. The van der Waals surface area contributed by atoms with Crippen molar-refractivity contribution in [3.05, 3.63) is 0 Å². The van der Waals surface area contributed by atoms with Gasteiger partial charge >= 0.3 is 0 Å². The Morgan fingerprint density at radius 1 is 0.933 bits per heavy atom. The summed E-state index contributed by atoms with van der Waals surface area (Å²) in [5.41, 5.74) is 0.519. The topological polar surface area (TPSA) is 0 Å². The van der Waals surface area contributed by atoms with Crippen molar-refractivity contribution in [1.29, 1.82) is 0 Å². The van der Waals surface area contributed by atoms with Crippen LogP contribution in [0.25, 0.3) is 0 Å². The first-order valence-corrected chi connectivity index (χ1v) is 6.85. The molecule has 0 fully saturated rings. The van der Waals surface area contributed by atoms with Gasteiger partial charge in [0.1, 0.15) is 0 Å². The van der Waals surface area contributed by atoms with Crippen LogP contribution < -0.4 is 0 Å². The fourth-order valence-electron chi connectivity index (χ4n) is 2.78. The summed E-state index contributed by atoms with van der Waals surface area (Å²) in [7, 11) is 0. The van der Waals surface area contributed by atoms with Crippen molar-refractivity contribution in [1.82, 2.24) is 0 Å². The monoisotopic (exact) mass is 212 g/mol. The average molecular weight is 212 g/mol. The molecule has 0 aromatic heterocycles. The lowest BCUT2D eigenvalue weighted by Crippen LogP contribution is -2.28. The molecular formula is C15H32. The molecule has 92 valence electrons. The molecule has 0 heteroatoms. The Hall–Kier alpha value is 0. The summed E-state index contributed by atoms with van der Waals surface area (Å²) in [5, 5.41) is 0. The molecule has 2 atom stereocenters. The van der Waals surface area contributed by atoms with E-state index in [-0.39, 0.29) is 0 Å². The van der Waals surface area contributed by atoms with Crippen LogP contribution in [0.5, 0.6) is 0 Å². The molecule has 0 aliphatic carbocycles. The Morgan fingerprint density at radius 3 is 1.80 bits per heavy atom. The van der Waals surface area contributed by atoms with Gasteiger partial charge in [-0.15, -0.1) is 0 Å². The number of hydrogen-bond donors (Lipinski definition) is 0. The molecule has 0 aliphatic rings. The molecule has 0 bridgehead atoms. The molecule has 15 heavy (non-hydrogen) atoms. The largest absolute Gasteiger partial charge is 0.0651 e. The van der Waals surface area contributed by atoms with Gasteiger partial charge in [0.15, 0.2) is 0 Å². The van der Waals surface area contributed by atoms with Crippen molar-refractivity contribution in [2.75, 3.05) is 0 Å². The fraction of sp³-hybridized carbons (Fsp3) is 1.00. The van der Waals surface area contributed by atoms with Gasteiger partial charge in [0, 0.05) is 0 Å². The van der Waals surface area contributed by atoms with E-state index in [9.17, 15) is 0 Å². The van der Waals surface area contributed by atoms with Crippen LogP contribution in [-0.2, 0) is 0 Å². The first-order valence-electron chi connectivity index (χ1n) is 6.85. The minimum absolute atomic E-state index is 0.519. The van der Waals surface area contributed by atoms with Gasteiger partial charge in [-0.25, -0.2) is 0 Å². The maximum atomic E-state index is 2.45. The van der Waals surface area contributed by atoms with Crippen molar-refractivity contribution < 1.29 is 0 Å². The molecule has 0 radical (unpaired) electrons. The quantitative estimate of drug-likeness (QED) is 0.521.